The van der Waals surface area contributed by atoms with Crippen molar-refractivity contribution < 1.29 is 0 Å². The van der Waals surface area contributed by atoms with Gasteiger partial charge in [-0.1, -0.05) is 43.7 Å². The van der Waals surface area contributed by atoms with E-state index >= 15 is 0 Å². The molecule has 0 radical (unpaired) electrons. The lowest BCUT2D eigenvalue weighted by atomic mass is 10.1. The van der Waals surface area contributed by atoms with Gasteiger partial charge in [-0.3, -0.25) is 0 Å². The van der Waals surface area contributed by atoms with Crippen molar-refractivity contribution in [2.75, 3.05) is 7.05 Å². The lowest BCUT2D eigenvalue weighted by Crippen LogP contribution is -2.09. The Morgan fingerprint density at radius 2 is 2.00 bits per heavy atom. The van der Waals surface area contributed by atoms with E-state index in [4.69, 9.17) is 12.2 Å². The molecule has 0 aliphatic carbocycles. The van der Waals surface area contributed by atoms with Gasteiger partial charge in [0.25, 0.3) is 0 Å². The van der Waals surface area contributed by atoms with Gasteiger partial charge in [-0.2, -0.15) is 0 Å². The molecule has 0 heterocycles. The molecule has 0 spiro atoms. The van der Waals surface area contributed by atoms with Crippen molar-refractivity contribution in [2.24, 2.45) is 5.73 Å². The lowest BCUT2D eigenvalue weighted by molar-refractivity contribution is 0.655. The number of allylic oxidation sites excluding steroid dienone is 6. The summed E-state index contributed by atoms with van der Waals surface area (Å²) in [5.74, 6) is 0. The van der Waals surface area contributed by atoms with Crippen LogP contribution in [0.2, 0.25) is 0 Å². The number of hydrogen-bond donors (Lipinski definition) is 1. The maximum Gasteiger partial charge on any atom is 0.0518 e. The third kappa shape index (κ3) is 8.79. The van der Waals surface area contributed by atoms with E-state index in [1.54, 1.807) is 11.1 Å². The van der Waals surface area contributed by atoms with Gasteiger partial charge >= 0.3 is 0 Å². The number of nitrogens with zero attached hydrogens (tertiary/aromatic N) is 1. The first-order chi connectivity index (χ1) is 9.15. The fourth-order valence-corrected chi connectivity index (χ4v) is 1.53. The molecule has 0 aromatic heterocycles. The van der Waals surface area contributed by atoms with Gasteiger partial charge in [-0.15, -0.1) is 0 Å². The van der Waals surface area contributed by atoms with Crippen LogP contribution in [0.4, 0.5) is 0 Å². The smallest absolute Gasteiger partial charge is 0.0518 e. The molecule has 2 N–H and O–H groups in total. The molecule has 0 aliphatic rings. The van der Waals surface area contributed by atoms with E-state index in [9.17, 15) is 0 Å². The minimum atomic E-state index is 0.734. The molecule has 0 unspecified atom stereocenters. The number of nitrogens with two attached hydrogens (primary N) is 1. The summed E-state index contributed by atoms with van der Waals surface area (Å²) >= 11 is 0. The van der Waals surface area contributed by atoms with Crippen LogP contribution < -0.4 is 5.73 Å². The molecule has 0 aromatic carbocycles. The van der Waals surface area contributed by atoms with Crippen molar-refractivity contribution in [3.05, 3.63) is 47.9 Å². The molecule has 2 nitrogen and oxygen atoms in total. The molecule has 104 valence electrons. The van der Waals surface area contributed by atoms with Crippen LogP contribution in [-0.4, -0.2) is 11.9 Å². The average Bonchev–Trinajstić information content (AvgIpc) is 2.41. The Bertz CT molecular complexity index is 392. The van der Waals surface area contributed by atoms with Gasteiger partial charge in [0, 0.05) is 19.3 Å². The Hall–Kier alpha value is -1.88. The molecule has 2 heteroatoms. The quantitative estimate of drug-likeness (QED) is 0.235. The lowest BCUT2D eigenvalue weighted by Gasteiger charge is -2.09. The fraction of sp³-hybridized carbons (Fsp3) is 0.412. The zero-order valence-electron chi connectivity index (χ0n) is 12.4. The summed E-state index contributed by atoms with van der Waals surface area (Å²) in [5, 5.41) is 0. The molecular formula is C17H26N2. The highest BCUT2D eigenvalue weighted by Crippen LogP contribution is 2.13. The Kier molecular flexibility index (Phi) is 10.1. The van der Waals surface area contributed by atoms with Crippen LogP contribution in [0, 0.1) is 12.5 Å². The van der Waals surface area contributed by atoms with E-state index in [1.807, 2.05) is 20.0 Å². The molecule has 0 aliphatic heterocycles. The van der Waals surface area contributed by atoms with Crippen molar-refractivity contribution in [1.82, 2.24) is 4.90 Å². The maximum atomic E-state index is 6.08. The molecule has 0 saturated carbocycles. The summed E-state index contributed by atoms with van der Waals surface area (Å²) < 4.78 is 0. The standard InChI is InChI=1S/C17H26N2/c1-5-8-10-11-12-14-16(13-9-6-2)17(18)15-19(4)7-3/h3,6,8-10,14-15H,5,11-13,18H2,1-2,4H3/b9-6?,10-8-,16-14+,17-15+. The van der Waals surface area contributed by atoms with Gasteiger partial charge in [-0.25, -0.2) is 0 Å². The Balaban J connectivity index is 4.70. The number of rotatable bonds is 8. The van der Waals surface area contributed by atoms with Gasteiger partial charge < -0.3 is 10.6 Å². The fourth-order valence-electron chi connectivity index (χ4n) is 1.53. The van der Waals surface area contributed by atoms with Gasteiger partial charge in [0.15, 0.2) is 0 Å². The molecule has 0 saturated heterocycles. The van der Waals surface area contributed by atoms with Gasteiger partial charge in [0.05, 0.1) is 5.70 Å². The predicted molar refractivity (Wildman–Crippen MR) is 85.0 cm³/mol. The van der Waals surface area contributed by atoms with Crippen LogP contribution in [0.15, 0.2) is 47.9 Å². The van der Waals surface area contributed by atoms with Crippen molar-refractivity contribution in [3.63, 3.8) is 0 Å². The van der Waals surface area contributed by atoms with Crippen LogP contribution in [0.25, 0.3) is 0 Å². The SMILES string of the molecule is C#CN(C)/C=C(N)\C(=C\CC/C=C\CC)CC=CC. The Morgan fingerprint density at radius 1 is 1.26 bits per heavy atom. The highest BCUT2D eigenvalue weighted by Gasteiger charge is 2.00. The second-order valence-electron chi connectivity index (χ2n) is 4.28. The second kappa shape index (κ2) is 11.2. The van der Waals surface area contributed by atoms with Crippen molar-refractivity contribution in [2.45, 2.75) is 39.5 Å². The maximum absolute atomic E-state index is 6.08. The summed E-state index contributed by atoms with van der Waals surface area (Å²) in [7, 11) is 1.81. The van der Waals surface area contributed by atoms with Crippen LogP contribution in [0.1, 0.15) is 39.5 Å². The third-order valence-electron chi connectivity index (χ3n) is 2.61. The molecule has 0 fully saturated rings. The number of unbranched alkanes of at least 4 members (excludes halogenated alkanes) is 1. The van der Waals surface area contributed by atoms with E-state index in [2.05, 4.69) is 37.3 Å². The third-order valence-corrected chi connectivity index (χ3v) is 2.61. The summed E-state index contributed by atoms with van der Waals surface area (Å²) in [6, 6.07) is 2.51. The number of terminal acetylenes is 1. The van der Waals surface area contributed by atoms with E-state index in [1.165, 1.54) is 0 Å². The van der Waals surface area contributed by atoms with Crippen LogP contribution >= 0.6 is 0 Å². The zero-order chi connectivity index (χ0) is 14.5. The molecule has 0 atom stereocenters. The topological polar surface area (TPSA) is 29.3 Å². The summed E-state index contributed by atoms with van der Waals surface area (Å²) in [5.41, 5.74) is 7.94. The summed E-state index contributed by atoms with van der Waals surface area (Å²) in [6.45, 7) is 4.15. The van der Waals surface area contributed by atoms with Crippen LogP contribution in [-0.2, 0) is 0 Å². The van der Waals surface area contributed by atoms with Crippen molar-refractivity contribution in [1.29, 1.82) is 0 Å². The molecule has 0 rings (SSSR count). The van der Waals surface area contributed by atoms with E-state index in [-0.39, 0.29) is 0 Å². The molecule has 19 heavy (non-hydrogen) atoms. The zero-order valence-corrected chi connectivity index (χ0v) is 12.4. The van der Waals surface area contributed by atoms with Crippen LogP contribution in [0.3, 0.4) is 0 Å². The first-order valence-corrected chi connectivity index (χ1v) is 6.77. The second-order valence-corrected chi connectivity index (χ2v) is 4.28. The Morgan fingerprint density at radius 3 is 2.58 bits per heavy atom. The predicted octanol–water partition coefficient (Wildman–Crippen LogP) is 3.95. The average molecular weight is 258 g/mol. The normalized spacial score (nSPS) is 13.2. The monoisotopic (exact) mass is 258 g/mol. The van der Waals surface area contributed by atoms with Crippen molar-refractivity contribution >= 4 is 0 Å². The minimum absolute atomic E-state index is 0.734. The first-order valence-electron chi connectivity index (χ1n) is 6.77. The van der Waals surface area contributed by atoms with Gasteiger partial charge in [0.1, 0.15) is 0 Å². The molecule has 0 amide bonds. The van der Waals surface area contributed by atoms with E-state index in [0.29, 0.717) is 0 Å². The highest BCUT2D eigenvalue weighted by molar-refractivity contribution is 5.30. The van der Waals surface area contributed by atoms with E-state index < -0.39 is 0 Å². The highest BCUT2D eigenvalue weighted by atomic mass is 15.0. The minimum Gasteiger partial charge on any atom is -0.397 e. The summed E-state index contributed by atoms with van der Waals surface area (Å²) in [4.78, 5) is 1.63. The first kappa shape index (κ1) is 17.1. The van der Waals surface area contributed by atoms with Gasteiger partial charge in [-0.05, 0) is 38.2 Å². The Labute approximate surface area is 118 Å². The van der Waals surface area contributed by atoms with E-state index in [0.717, 1.165) is 37.0 Å². The molecule has 0 bridgehead atoms. The van der Waals surface area contributed by atoms with Gasteiger partial charge in [0.2, 0.25) is 0 Å². The molecular weight excluding hydrogens is 232 g/mol. The number of hydrogen-bond acceptors (Lipinski definition) is 2. The molecule has 0 aromatic rings. The summed E-state index contributed by atoms with van der Waals surface area (Å²) in [6.07, 6.45) is 21.8. The van der Waals surface area contributed by atoms with Crippen molar-refractivity contribution in [3.8, 4) is 12.5 Å². The largest absolute Gasteiger partial charge is 0.397 e. The van der Waals surface area contributed by atoms with Crippen LogP contribution in [0.5, 0.6) is 0 Å².